The van der Waals surface area contributed by atoms with Crippen LogP contribution in [0.4, 0.5) is 4.39 Å². The smallest absolute Gasteiger partial charge is 0.270 e. The van der Waals surface area contributed by atoms with E-state index in [1.165, 1.54) is 12.1 Å². The number of H-pyrrole nitrogens is 1. The van der Waals surface area contributed by atoms with Gasteiger partial charge in [-0.15, -0.1) is 0 Å². The maximum Gasteiger partial charge on any atom is 0.270 e. The summed E-state index contributed by atoms with van der Waals surface area (Å²) >= 11 is 0. The average Bonchev–Trinajstić information content (AvgIpc) is 3.46. The Kier molecular flexibility index (Phi) is 4.87. The number of carbonyl (C=O) groups excluding carboxylic acids is 1. The van der Waals surface area contributed by atoms with Gasteiger partial charge < -0.3 is 23.9 Å². The van der Waals surface area contributed by atoms with Crippen molar-refractivity contribution in [1.82, 2.24) is 20.0 Å². The van der Waals surface area contributed by atoms with E-state index in [2.05, 4.69) is 15.1 Å². The summed E-state index contributed by atoms with van der Waals surface area (Å²) in [6, 6.07) is 13.3. The van der Waals surface area contributed by atoms with Gasteiger partial charge in [0.15, 0.2) is 6.10 Å². The summed E-state index contributed by atoms with van der Waals surface area (Å²) in [5, 5.41) is 4.68. The molecule has 5 rings (SSSR count). The number of fused-ring (bicyclic) bond motifs is 1. The molecule has 158 valence electrons. The van der Waals surface area contributed by atoms with Crippen molar-refractivity contribution in [3.63, 3.8) is 0 Å². The van der Waals surface area contributed by atoms with E-state index in [9.17, 15) is 9.18 Å². The Morgan fingerprint density at radius 2 is 2.16 bits per heavy atom. The number of benzene rings is 2. The van der Waals surface area contributed by atoms with Crippen LogP contribution in [-0.4, -0.2) is 52.7 Å². The van der Waals surface area contributed by atoms with Gasteiger partial charge in [0.1, 0.15) is 17.3 Å². The fourth-order valence-electron chi connectivity index (χ4n) is 3.62. The first kappa shape index (κ1) is 19.3. The first-order valence-corrected chi connectivity index (χ1v) is 9.78. The second kappa shape index (κ2) is 7.84. The Balaban J connectivity index is 1.34. The number of hydrogen-bond donors (Lipinski definition) is 1. The van der Waals surface area contributed by atoms with E-state index in [0.717, 1.165) is 5.56 Å². The molecule has 2 aromatic heterocycles. The highest BCUT2D eigenvalue weighted by Crippen LogP contribution is 2.27. The van der Waals surface area contributed by atoms with Crippen LogP contribution in [0, 0.1) is 5.82 Å². The van der Waals surface area contributed by atoms with Gasteiger partial charge in [-0.05, 0) is 36.4 Å². The molecule has 1 N–H and O–H groups in total. The van der Waals surface area contributed by atoms with E-state index >= 15 is 0 Å². The van der Waals surface area contributed by atoms with Crippen LogP contribution in [0.1, 0.15) is 22.5 Å². The zero-order valence-corrected chi connectivity index (χ0v) is 16.7. The summed E-state index contributed by atoms with van der Waals surface area (Å²) in [6.45, 7) is 1.03. The van der Waals surface area contributed by atoms with Crippen molar-refractivity contribution in [1.29, 1.82) is 0 Å². The first-order chi connectivity index (χ1) is 15.1. The summed E-state index contributed by atoms with van der Waals surface area (Å²) in [7, 11) is 1.59. The number of aromatic nitrogens is 3. The molecule has 1 aliphatic rings. The number of carbonyl (C=O) groups is 1. The summed E-state index contributed by atoms with van der Waals surface area (Å²) in [5.41, 5.74) is 1.85. The van der Waals surface area contributed by atoms with Crippen molar-refractivity contribution >= 4 is 16.8 Å². The predicted octanol–water partition coefficient (Wildman–Crippen LogP) is 3.58. The molecule has 8 nitrogen and oxygen atoms in total. The van der Waals surface area contributed by atoms with Gasteiger partial charge in [-0.3, -0.25) is 4.79 Å². The normalized spacial score (nSPS) is 16.6. The average molecular weight is 422 g/mol. The van der Waals surface area contributed by atoms with Crippen molar-refractivity contribution in [2.24, 2.45) is 0 Å². The molecule has 1 saturated heterocycles. The van der Waals surface area contributed by atoms with E-state index in [1.807, 2.05) is 24.3 Å². The van der Waals surface area contributed by atoms with E-state index in [0.29, 0.717) is 47.2 Å². The monoisotopic (exact) mass is 422 g/mol. The second-order valence-electron chi connectivity index (χ2n) is 7.21. The van der Waals surface area contributed by atoms with Crippen LogP contribution in [0.25, 0.3) is 22.3 Å². The van der Waals surface area contributed by atoms with Crippen molar-refractivity contribution < 1.29 is 23.2 Å². The van der Waals surface area contributed by atoms with Gasteiger partial charge in [0.2, 0.25) is 5.82 Å². The number of ether oxygens (including phenoxy) is 2. The summed E-state index contributed by atoms with van der Waals surface area (Å²) in [6.07, 6.45) is -0.536. The van der Waals surface area contributed by atoms with Gasteiger partial charge in [0.05, 0.1) is 20.3 Å². The van der Waals surface area contributed by atoms with E-state index in [4.69, 9.17) is 14.0 Å². The van der Waals surface area contributed by atoms with Crippen molar-refractivity contribution in [2.75, 3.05) is 26.8 Å². The fraction of sp³-hybridized carbons (Fsp3) is 0.227. The van der Waals surface area contributed by atoms with E-state index < -0.39 is 6.10 Å². The van der Waals surface area contributed by atoms with Gasteiger partial charge in [-0.25, -0.2) is 4.39 Å². The Bertz CT molecular complexity index is 1250. The standard InChI is InChI=1S/C22H19FN4O4/c1-29-16-4-2-3-13(10-16)20-25-21(31-26-20)19-12-27(7-8-30-19)22(28)18-11-14-9-15(23)5-6-17(14)24-18/h2-6,9-11,19,24H,7-8,12H2,1H3/t19-/m1/s1. The van der Waals surface area contributed by atoms with Gasteiger partial charge in [0.25, 0.3) is 11.8 Å². The summed E-state index contributed by atoms with van der Waals surface area (Å²) < 4.78 is 29.9. The molecule has 0 unspecified atom stereocenters. The lowest BCUT2D eigenvalue weighted by molar-refractivity contribution is -0.0368. The molecule has 1 aliphatic heterocycles. The zero-order chi connectivity index (χ0) is 21.4. The van der Waals surface area contributed by atoms with Crippen LogP contribution in [-0.2, 0) is 4.74 Å². The number of amides is 1. The summed E-state index contributed by atoms with van der Waals surface area (Å²) in [5.74, 6) is 0.859. The van der Waals surface area contributed by atoms with Crippen LogP contribution in [0.5, 0.6) is 5.75 Å². The molecule has 9 heteroatoms. The Morgan fingerprint density at radius 3 is 3.03 bits per heavy atom. The highest BCUT2D eigenvalue weighted by Gasteiger charge is 2.30. The molecule has 1 atom stereocenters. The Labute approximate surface area is 176 Å². The minimum absolute atomic E-state index is 0.197. The van der Waals surface area contributed by atoms with Crippen LogP contribution < -0.4 is 4.74 Å². The maximum atomic E-state index is 13.5. The molecule has 1 amide bonds. The topological polar surface area (TPSA) is 93.5 Å². The number of nitrogens with zero attached hydrogens (tertiary/aromatic N) is 3. The first-order valence-electron chi connectivity index (χ1n) is 9.78. The number of aromatic amines is 1. The molecular weight excluding hydrogens is 403 g/mol. The van der Waals surface area contributed by atoms with Gasteiger partial charge >= 0.3 is 0 Å². The predicted molar refractivity (Wildman–Crippen MR) is 109 cm³/mol. The lowest BCUT2D eigenvalue weighted by Gasteiger charge is -2.30. The molecule has 0 radical (unpaired) electrons. The van der Waals surface area contributed by atoms with Gasteiger partial charge in [-0.2, -0.15) is 4.98 Å². The molecule has 0 bridgehead atoms. The number of methoxy groups -OCH3 is 1. The molecule has 3 heterocycles. The number of nitrogens with one attached hydrogen (secondary N) is 1. The third-order valence-corrected chi connectivity index (χ3v) is 5.21. The second-order valence-corrected chi connectivity index (χ2v) is 7.21. The SMILES string of the molecule is COc1cccc(-c2noc([C@H]3CN(C(=O)c4cc5cc(F)ccc5[nH]4)CCO3)n2)c1. The molecular formula is C22H19FN4O4. The number of hydrogen-bond acceptors (Lipinski definition) is 6. The fourth-order valence-corrected chi connectivity index (χ4v) is 3.62. The largest absolute Gasteiger partial charge is 0.497 e. The van der Waals surface area contributed by atoms with Crippen LogP contribution in [0.2, 0.25) is 0 Å². The van der Waals surface area contributed by atoms with Crippen LogP contribution in [0.3, 0.4) is 0 Å². The minimum atomic E-state index is -0.536. The number of halogens is 1. The highest BCUT2D eigenvalue weighted by atomic mass is 19.1. The molecule has 4 aromatic rings. The van der Waals surface area contributed by atoms with Crippen LogP contribution in [0.15, 0.2) is 53.1 Å². The van der Waals surface area contributed by atoms with E-state index in [1.54, 1.807) is 24.1 Å². The highest BCUT2D eigenvalue weighted by molar-refractivity contribution is 5.98. The molecule has 0 spiro atoms. The van der Waals surface area contributed by atoms with Crippen LogP contribution >= 0.6 is 0 Å². The molecule has 2 aromatic carbocycles. The number of rotatable bonds is 4. The lowest BCUT2D eigenvalue weighted by atomic mass is 10.2. The summed E-state index contributed by atoms with van der Waals surface area (Å²) in [4.78, 5) is 22.1. The van der Waals surface area contributed by atoms with Gasteiger partial charge in [0, 0.05) is 23.0 Å². The third-order valence-electron chi connectivity index (χ3n) is 5.21. The quantitative estimate of drug-likeness (QED) is 0.540. The Hall–Kier alpha value is -3.72. The Morgan fingerprint density at radius 1 is 1.26 bits per heavy atom. The lowest BCUT2D eigenvalue weighted by Crippen LogP contribution is -2.42. The van der Waals surface area contributed by atoms with Gasteiger partial charge in [-0.1, -0.05) is 17.3 Å². The third kappa shape index (κ3) is 3.75. The van der Waals surface area contributed by atoms with Crippen molar-refractivity contribution in [3.8, 4) is 17.1 Å². The molecule has 31 heavy (non-hydrogen) atoms. The molecule has 0 saturated carbocycles. The molecule has 1 fully saturated rings. The minimum Gasteiger partial charge on any atom is -0.497 e. The zero-order valence-electron chi connectivity index (χ0n) is 16.7. The van der Waals surface area contributed by atoms with Crippen molar-refractivity contribution in [2.45, 2.75) is 6.10 Å². The van der Waals surface area contributed by atoms with Crippen molar-refractivity contribution in [3.05, 3.63) is 65.9 Å². The van der Waals surface area contributed by atoms with E-state index in [-0.39, 0.29) is 18.3 Å². The maximum absolute atomic E-state index is 13.5. The molecule has 0 aliphatic carbocycles. The number of morpholine rings is 1.